The Balaban J connectivity index is 1.73. The van der Waals surface area contributed by atoms with Gasteiger partial charge in [-0.3, -0.25) is 4.90 Å². The first-order valence-electron chi connectivity index (χ1n) is 7.89. The molecule has 0 atom stereocenters. The van der Waals surface area contributed by atoms with Gasteiger partial charge < -0.3 is 5.32 Å². The smallest absolute Gasteiger partial charge is 0.123 e. The van der Waals surface area contributed by atoms with E-state index in [0.717, 1.165) is 31.7 Å². The number of aryl methyl sites for hydroxylation is 1. The first-order chi connectivity index (χ1) is 9.67. The third-order valence-corrected chi connectivity index (χ3v) is 4.94. The number of nitrogens with zero attached hydrogens (tertiary/aromatic N) is 1. The van der Waals surface area contributed by atoms with Gasteiger partial charge in [-0.05, 0) is 62.5 Å². The van der Waals surface area contributed by atoms with Crippen LogP contribution in [-0.4, -0.2) is 30.1 Å². The molecule has 1 heterocycles. The predicted octanol–water partition coefficient (Wildman–Crippen LogP) is 3.24. The van der Waals surface area contributed by atoms with Gasteiger partial charge in [0.15, 0.2) is 0 Å². The second kappa shape index (κ2) is 5.82. The Morgan fingerprint density at radius 2 is 2.05 bits per heavy atom. The maximum atomic E-state index is 13.4. The Labute approximate surface area is 121 Å². The van der Waals surface area contributed by atoms with Crippen LogP contribution in [0.5, 0.6) is 0 Å². The summed E-state index contributed by atoms with van der Waals surface area (Å²) in [5.41, 5.74) is 2.67. The molecule has 1 aromatic rings. The van der Waals surface area contributed by atoms with E-state index in [-0.39, 0.29) is 5.82 Å². The van der Waals surface area contributed by atoms with Gasteiger partial charge in [-0.25, -0.2) is 4.39 Å². The zero-order chi connectivity index (χ0) is 14.0. The Bertz CT molecular complexity index is 466. The maximum Gasteiger partial charge on any atom is 0.123 e. The number of rotatable bonds is 2. The summed E-state index contributed by atoms with van der Waals surface area (Å²) in [5, 5.41) is 3.78. The molecule has 0 aromatic heterocycles. The normalized spacial score (nSPS) is 23.1. The van der Waals surface area contributed by atoms with Crippen molar-refractivity contribution < 1.29 is 4.39 Å². The van der Waals surface area contributed by atoms with Crippen LogP contribution in [0.15, 0.2) is 18.2 Å². The van der Waals surface area contributed by atoms with E-state index in [4.69, 9.17) is 0 Å². The lowest BCUT2D eigenvalue weighted by Crippen LogP contribution is -2.49. The van der Waals surface area contributed by atoms with Crippen molar-refractivity contribution >= 4 is 0 Å². The Kier molecular flexibility index (Phi) is 4.08. The molecule has 110 valence electrons. The van der Waals surface area contributed by atoms with Crippen molar-refractivity contribution in [2.75, 3.05) is 19.6 Å². The molecule has 0 amide bonds. The monoisotopic (exact) mass is 276 g/mol. The van der Waals surface area contributed by atoms with E-state index in [9.17, 15) is 4.39 Å². The lowest BCUT2D eigenvalue weighted by molar-refractivity contribution is 0.203. The fraction of sp³-hybridized carbons (Fsp3) is 0.647. The average Bonchev–Trinajstić information content (AvgIpc) is 2.77. The largest absolute Gasteiger partial charge is 0.310 e. The van der Waals surface area contributed by atoms with Gasteiger partial charge in [-0.15, -0.1) is 0 Å². The minimum absolute atomic E-state index is 0.117. The van der Waals surface area contributed by atoms with Crippen LogP contribution in [0.1, 0.15) is 43.2 Å². The first kappa shape index (κ1) is 14.0. The molecule has 3 heteroatoms. The lowest BCUT2D eigenvalue weighted by Gasteiger charge is -2.33. The highest BCUT2D eigenvalue weighted by Gasteiger charge is 2.36. The highest BCUT2D eigenvalue weighted by molar-refractivity contribution is 5.26. The maximum absolute atomic E-state index is 13.4. The summed E-state index contributed by atoms with van der Waals surface area (Å²) in [6, 6.07) is 5.16. The topological polar surface area (TPSA) is 15.3 Å². The van der Waals surface area contributed by atoms with Crippen LogP contribution in [0.3, 0.4) is 0 Å². The van der Waals surface area contributed by atoms with Gasteiger partial charge in [0.2, 0.25) is 0 Å². The third-order valence-electron chi connectivity index (χ3n) is 4.94. The second-order valence-electron chi connectivity index (χ2n) is 6.55. The van der Waals surface area contributed by atoms with Crippen LogP contribution in [0.25, 0.3) is 0 Å². The zero-order valence-corrected chi connectivity index (χ0v) is 12.4. The molecule has 0 unspecified atom stereocenters. The molecule has 3 rings (SSSR count). The van der Waals surface area contributed by atoms with Crippen molar-refractivity contribution in [3.63, 3.8) is 0 Å². The van der Waals surface area contributed by atoms with E-state index in [2.05, 4.69) is 17.1 Å². The summed E-state index contributed by atoms with van der Waals surface area (Å²) in [7, 11) is 0. The molecule has 2 fully saturated rings. The van der Waals surface area contributed by atoms with E-state index in [1.807, 2.05) is 6.07 Å². The first-order valence-corrected chi connectivity index (χ1v) is 7.89. The molecule has 1 spiro atoms. The molecule has 1 aliphatic carbocycles. The van der Waals surface area contributed by atoms with Crippen LogP contribution in [0.4, 0.5) is 4.39 Å². The molecule has 2 aliphatic rings. The molecular formula is C17H25FN2. The number of hydrogen-bond acceptors (Lipinski definition) is 2. The minimum Gasteiger partial charge on any atom is -0.310 e. The SMILES string of the molecule is Cc1ccc(F)cc1CN1CCCNC2(CCCC2)C1. The van der Waals surface area contributed by atoms with Gasteiger partial charge in [-0.1, -0.05) is 18.9 Å². The fourth-order valence-corrected chi connectivity index (χ4v) is 3.79. The standard InChI is InChI=1S/C17H25FN2/c1-14-5-6-16(18)11-15(14)12-20-10-4-9-19-17(13-20)7-2-3-8-17/h5-6,11,19H,2-4,7-10,12-13H2,1H3. The Morgan fingerprint density at radius 3 is 2.85 bits per heavy atom. The summed E-state index contributed by atoms with van der Waals surface area (Å²) in [4.78, 5) is 2.52. The highest BCUT2D eigenvalue weighted by atomic mass is 19.1. The van der Waals surface area contributed by atoms with Crippen LogP contribution in [0.2, 0.25) is 0 Å². The van der Waals surface area contributed by atoms with Crippen molar-refractivity contribution in [3.05, 3.63) is 35.1 Å². The van der Waals surface area contributed by atoms with E-state index in [0.29, 0.717) is 5.54 Å². The van der Waals surface area contributed by atoms with Crippen LogP contribution >= 0.6 is 0 Å². The summed E-state index contributed by atoms with van der Waals surface area (Å²) in [5.74, 6) is -0.117. The van der Waals surface area contributed by atoms with Gasteiger partial charge >= 0.3 is 0 Å². The molecular weight excluding hydrogens is 251 g/mol. The van der Waals surface area contributed by atoms with Crippen LogP contribution in [-0.2, 0) is 6.54 Å². The van der Waals surface area contributed by atoms with Crippen molar-refractivity contribution in [3.8, 4) is 0 Å². The number of benzene rings is 1. The van der Waals surface area contributed by atoms with Gasteiger partial charge in [0.25, 0.3) is 0 Å². The number of nitrogens with one attached hydrogen (secondary N) is 1. The van der Waals surface area contributed by atoms with E-state index < -0.39 is 0 Å². The molecule has 1 aromatic carbocycles. The van der Waals surface area contributed by atoms with Crippen LogP contribution in [0, 0.1) is 12.7 Å². The van der Waals surface area contributed by atoms with Crippen LogP contribution < -0.4 is 5.32 Å². The summed E-state index contributed by atoms with van der Waals surface area (Å²) in [6.45, 7) is 6.31. The van der Waals surface area contributed by atoms with Gasteiger partial charge in [0, 0.05) is 18.6 Å². The number of halogens is 1. The quantitative estimate of drug-likeness (QED) is 0.892. The zero-order valence-electron chi connectivity index (χ0n) is 12.4. The average molecular weight is 276 g/mol. The summed E-state index contributed by atoms with van der Waals surface area (Å²) < 4.78 is 13.4. The summed E-state index contributed by atoms with van der Waals surface area (Å²) >= 11 is 0. The molecule has 2 nitrogen and oxygen atoms in total. The van der Waals surface area contributed by atoms with E-state index >= 15 is 0 Å². The lowest BCUT2D eigenvalue weighted by atomic mass is 9.97. The molecule has 1 N–H and O–H groups in total. The van der Waals surface area contributed by atoms with Crippen molar-refractivity contribution in [1.82, 2.24) is 10.2 Å². The highest BCUT2D eigenvalue weighted by Crippen LogP contribution is 2.32. The Morgan fingerprint density at radius 1 is 1.25 bits per heavy atom. The van der Waals surface area contributed by atoms with Gasteiger partial charge in [0.1, 0.15) is 5.82 Å². The molecule has 0 bridgehead atoms. The fourth-order valence-electron chi connectivity index (χ4n) is 3.79. The Hall–Kier alpha value is -0.930. The van der Waals surface area contributed by atoms with Crippen molar-refractivity contribution in [1.29, 1.82) is 0 Å². The molecule has 1 saturated carbocycles. The third kappa shape index (κ3) is 3.04. The van der Waals surface area contributed by atoms with Gasteiger partial charge in [-0.2, -0.15) is 0 Å². The predicted molar refractivity (Wildman–Crippen MR) is 80.2 cm³/mol. The minimum atomic E-state index is -0.117. The molecule has 0 radical (unpaired) electrons. The van der Waals surface area contributed by atoms with E-state index in [1.54, 1.807) is 12.1 Å². The number of hydrogen-bond donors (Lipinski definition) is 1. The van der Waals surface area contributed by atoms with Crippen molar-refractivity contribution in [2.24, 2.45) is 0 Å². The second-order valence-corrected chi connectivity index (χ2v) is 6.55. The molecule has 1 saturated heterocycles. The van der Waals surface area contributed by atoms with Crippen molar-refractivity contribution in [2.45, 2.75) is 51.1 Å². The van der Waals surface area contributed by atoms with Gasteiger partial charge in [0.05, 0.1) is 0 Å². The molecule has 20 heavy (non-hydrogen) atoms. The molecule has 1 aliphatic heterocycles. The van der Waals surface area contributed by atoms with E-state index in [1.165, 1.54) is 37.7 Å². The summed E-state index contributed by atoms with van der Waals surface area (Å²) in [6.07, 6.45) is 6.48.